The van der Waals surface area contributed by atoms with E-state index in [0.29, 0.717) is 0 Å². The summed E-state index contributed by atoms with van der Waals surface area (Å²) in [5.41, 5.74) is 9.42. The average molecular weight is 305 g/mol. The van der Waals surface area contributed by atoms with E-state index in [4.69, 9.17) is 5.73 Å². The van der Waals surface area contributed by atoms with Crippen LogP contribution in [0.2, 0.25) is 0 Å². The fourth-order valence-electron chi connectivity index (χ4n) is 2.28. The molecule has 1 aliphatic rings. The maximum absolute atomic E-state index is 5.99. The highest BCUT2D eigenvalue weighted by Crippen LogP contribution is 2.26. The Morgan fingerprint density at radius 1 is 1.22 bits per heavy atom. The Morgan fingerprint density at radius 3 is 2.78 bits per heavy atom. The van der Waals surface area contributed by atoms with Crippen LogP contribution >= 0.6 is 15.9 Å². The van der Waals surface area contributed by atoms with Crippen LogP contribution in [0.15, 0.2) is 35.1 Å². The Balaban J connectivity index is 1.89. The predicted molar refractivity (Wildman–Crippen MR) is 75.3 cm³/mol. The van der Waals surface area contributed by atoms with Crippen LogP contribution in [0.1, 0.15) is 11.1 Å². The molecule has 0 bridgehead atoms. The van der Waals surface area contributed by atoms with Gasteiger partial charge < -0.3 is 10.6 Å². The first kappa shape index (κ1) is 11.5. The van der Waals surface area contributed by atoms with E-state index in [1.807, 2.05) is 12.1 Å². The molecule has 0 saturated carbocycles. The summed E-state index contributed by atoms with van der Waals surface area (Å²) in [5, 5.41) is 0. The van der Waals surface area contributed by atoms with Crippen LogP contribution in [-0.2, 0) is 13.0 Å². The van der Waals surface area contributed by atoms with Gasteiger partial charge in [0.05, 0.1) is 4.47 Å². The zero-order valence-corrected chi connectivity index (χ0v) is 11.4. The van der Waals surface area contributed by atoms with Gasteiger partial charge in [0.15, 0.2) is 0 Å². The van der Waals surface area contributed by atoms with Crippen LogP contribution in [0.4, 0.5) is 11.6 Å². The maximum Gasteiger partial charge on any atom is 0.225 e. The van der Waals surface area contributed by atoms with Crippen LogP contribution in [-0.4, -0.2) is 16.5 Å². The van der Waals surface area contributed by atoms with Gasteiger partial charge >= 0.3 is 0 Å². The van der Waals surface area contributed by atoms with Crippen molar-refractivity contribution in [3.05, 3.63) is 46.2 Å². The normalized spacial score (nSPS) is 14.4. The van der Waals surface area contributed by atoms with Crippen LogP contribution in [0, 0.1) is 0 Å². The van der Waals surface area contributed by atoms with E-state index < -0.39 is 0 Å². The molecule has 0 amide bonds. The molecule has 1 aliphatic heterocycles. The molecule has 0 atom stereocenters. The molecule has 0 radical (unpaired) electrons. The van der Waals surface area contributed by atoms with Gasteiger partial charge in [0.2, 0.25) is 5.95 Å². The second kappa shape index (κ2) is 4.57. The number of anilines is 2. The Bertz CT molecular complexity index is 568. The summed E-state index contributed by atoms with van der Waals surface area (Å²) in [6.45, 7) is 1.73. The number of rotatable bonds is 1. The minimum atomic E-state index is 0.770. The predicted octanol–water partition coefficient (Wildman–Crippen LogP) is 2.38. The molecule has 0 unspecified atom stereocenters. The number of hydrogen-bond acceptors (Lipinski definition) is 4. The quantitative estimate of drug-likeness (QED) is 0.822. The third kappa shape index (κ3) is 2.06. The lowest BCUT2D eigenvalue weighted by atomic mass is 9.98. The van der Waals surface area contributed by atoms with E-state index in [-0.39, 0.29) is 0 Å². The van der Waals surface area contributed by atoms with E-state index in [1.54, 1.807) is 12.4 Å². The number of nitrogens with zero attached hydrogens (tertiary/aromatic N) is 3. The third-order valence-corrected chi connectivity index (χ3v) is 3.60. The first-order valence-corrected chi connectivity index (χ1v) is 6.62. The van der Waals surface area contributed by atoms with Crippen LogP contribution < -0.4 is 10.6 Å². The Labute approximate surface area is 114 Å². The number of nitrogen functional groups attached to an aromatic ring is 1. The van der Waals surface area contributed by atoms with Crippen molar-refractivity contribution >= 4 is 27.6 Å². The monoisotopic (exact) mass is 304 g/mol. The minimum absolute atomic E-state index is 0.770. The fourth-order valence-corrected chi connectivity index (χ4v) is 2.48. The van der Waals surface area contributed by atoms with Crippen LogP contribution in [0.25, 0.3) is 0 Å². The average Bonchev–Trinajstić information content (AvgIpc) is 2.39. The maximum atomic E-state index is 5.99. The molecule has 0 saturated heterocycles. The van der Waals surface area contributed by atoms with E-state index >= 15 is 0 Å². The molecular formula is C13H13BrN4. The molecule has 2 aromatic rings. The van der Waals surface area contributed by atoms with Crippen LogP contribution in [0.3, 0.4) is 0 Å². The van der Waals surface area contributed by atoms with Crippen molar-refractivity contribution in [3.8, 4) is 0 Å². The first-order valence-electron chi connectivity index (χ1n) is 5.83. The number of benzene rings is 1. The van der Waals surface area contributed by atoms with E-state index in [2.05, 4.69) is 36.9 Å². The summed E-state index contributed by atoms with van der Waals surface area (Å²) in [7, 11) is 0. The van der Waals surface area contributed by atoms with Crippen molar-refractivity contribution in [2.24, 2.45) is 0 Å². The molecule has 2 N–H and O–H groups in total. The Kier molecular flexibility index (Phi) is 2.91. The molecule has 0 spiro atoms. The topological polar surface area (TPSA) is 55.0 Å². The minimum Gasteiger partial charge on any atom is -0.398 e. The van der Waals surface area contributed by atoms with Gasteiger partial charge in [-0.15, -0.1) is 0 Å². The molecule has 5 heteroatoms. The van der Waals surface area contributed by atoms with Gasteiger partial charge in [0.25, 0.3) is 0 Å². The van der Waals surface area contributed by atoms with Crippen LogP contribution in [0.5, 0.6) is 0 Å². The number of halogens is 1. The second-order valence-electron chi connectivity index (χ2n) is 4.36. The Hall–Kier alpha value is -1.62. The van der Waals surface area contributed by atoms with Gasteiger partial charge in [-0.05, 0) is 39.5 Å². The zero-order valence-electron chi connectivity index (χ0n) is 9.81. The molecular weight excluding hydrogens is 292 g/mol. The fraction of sp³-hybridized carbons (Fsp3) is 0.231. The lowest BCUT2D eigenvalue weighted by molar-refractivity contribution is 0.708. The molecule has 1 aromatic carbocycles. The van der Waals surface area contributed by atoms with Gasteiger partial charge in [-0.2, -0.15) is 0 Å². The first-order chi connectivity index (χ1) is 8.74. The molecule has 0 fully saturated rings. The molecule has 4 nitrogen and oxygen atoms in total. The van der Waals surface area contributed by atoms with Crippen molar-refractivity contribution in [3.63, 3.8) is 0 Å². The highest BCUT2D eigenvalue weighted by molar-refractivity contribution is 9.10. The van der Waals surface area contributed by atoms with Gasteiger partial charge in [0.1, 0.15) is 0 Å². The molecule has 18 heavy (non-hydrogen) atoms. The number of hydrogen-bond donors (Lipinski definition) is 1. The highest BCUT2D eigenvalue weighted by atomic mass is 79.9. The standard InChI is InChI=1S/C13H13BrN4/c14-10-6-16-13(17-7-10)18-5-4-11-9(8-18)2-1-3-12(11)15/h1-3,6-7H,4-5,8,15H2. The summed E-state index contributed by atoms with van der Waals surface area (Å²) in [5.74, 6) is 0.770. The van der Waals surface area contributed by atoms with E-state index in [1.165, 1.54) is 11.1 Å². The van der Waals surface area contributed by atoms with Gasteiger partial charge in [0, 0.05) is 31.2 Å². The van der Waals surface area contributed by atoms with E-state index in [9.17, 15) is 0 Å². The zero-order chi connectivity index (χ0) is 12.5. The smallest absolute Gasteiger partial charge is 0.225 e. The number of nitrogens with two attached hydrogens (primary N) is 1. The van der Waals surface area contributed by atoms with Crippen molar-refractivity contribution in [2.45, 2.75) is 13.0 Å². The van der Waals surface area contributed by atoms with Crippen molar-refractivity contribution in [1.82, 2.24) is 9.97 Å². The largest absolute Gasteiger partial charge is 0.398 e. The molecule has 1 aromatic heterocycles. The number of fused-ring (bicyclic) bond motifs is 1. The molecule has 0 aliphatic carbocycles. The molecule has 3 rings (SSSR count). The highest BCUT2D eigenvalue weighted by Gasteiger charge is 2.19. The lowest BCUT2D eigenvalue weighted by Gasteiger charge is -2.29. The van der Waals surface area contributed by atoms with Gasteiger partial charge in [-0.1, -0.05) is 12.1 Å². The summed E-state index contributed by atoms with van der Waals surface area (Å²) >= 11 is 3.34. The molecule has 2 heterocycles. The van der Waals surface area contributed by atoms with Gasteiger partial charge in [-0.3, -0.25) is 0 Å². The summed E-state index contributed by atoms with van der Waals surface area (Å²) in [6.07, 6.45) is 4.50. The number of aromatic nitrogens is 2. The summed E-state index contributed by atoms with van der Waals surface area (Å²) in [4.78, 5) is 10.8. The van der Waals surface area contributed by atoms with E-state index in [0.717, 1.165) is 35.6 Å². The SMILES string of the molecule is Nc1cccc2c1CCN(c1ncc(Br)cn1)C2. The van der Waals surface area contributed by atoms with Crippen molar-refractivity contribution < 1.29 is 0 Å². The van der Waals surface area contributed by atoms with Crippen molar-refractivity contribution in [1.29, 1.82) is 0 Å². The van der Waals surface area contributed by atoms with Crippen molar-refractivity contribution in [2.75, 3.05) is 17.2 Å². The lowest BCUT2D eigenvalue weighted by Crippen LogP contribution is -2.32. The Morgan fingerprint density at radius 2 is 2.00 bits per heavy atom. The summed E-state index contributed by atoms with van der Waals surface area (Å²) < 4.78 is 0.896. The second-order valence-corrected chi connectivity index (χ2v) is 5.27. The third-order valence-electron chi connectivity index (χ3n) is 3.19. The molecule has 92 valence electrons. The van der Waals surface area contributed by atoms with Gasteiger partial charge in [-0.25, -0.2) is 9.97 Å². The summed E-state index contributed by atoms with van der Waals surface area (Å²) in [6, 6.07) is 6.08.